The lowest BCUT2D eigenvalue weighted by molar-refractivity contribution is -0.117. The van der Waals surface area contributed by atoms with Crippen LogP contribution in [-0.4, -0.2) is 48.8 Å². The van der Waals surface area contributed by atoms with Gasteiger partial charge in [-0.15, -0.1) is 0 Å². The van der Waals surface area contributed by atoms with E-state index in [1.165, 1.54) is 48.0 Å². The van der Waals surface area contributed by atoms with Gasteiger partial charge < -0.3 is 20.2 Å². The zero-order chi connectivity index (χ0) is 20.3. The van der Waals surface area contributed by atoms with Gasteiger partial charge in [-0.2, -0.15) is 4.31 Å². The number of anilines is 1. The van der Waals surface area contributed by atoms with E-state index in [9.17, 15) is 23.1 Å². The van der Waals surface area contributed by atoms with Crippen molar-refractivity contribution < 1.29 is 27.5 Å². The zero-order valence-electron chi connectivity index (χ0n) is 15.2. The van der Waals surface area contributed by atoms with Crippen LogP contribution in [0.2, 0.25) is 0 Å². The van der Waals surface area contributed by atoms with Crippen LogP contribution in [-0.2, 0) is 14.8 Å². The zero-order valence-corrected chi connectivity index (χ0v) is 16.0. The molecule has 3 N–H and O–H groups in total. The van der Waals surface area contributed by atoms with Gasteiger partial charge in [-0.05, 0) is 44.0 Å². The van der Waals surface area contributed by atoms with Crippen molar-refractivity contribution in [3.63, 3.8) is 0 Å². The molecule has 0 saturated carbocycles. The van der Waals surface area contributed by atoms with Crippen LogP contribution in [0.4, 0.5) is 5.69 Å². The maximum Gasteiger partial charge on any atom is 0.255 e. The normalized spacial score (nSPS) is 15.9. The molecule has 1 saturated heterocycles. The molecule has 1 aliphatic heterocycles. The molecule has 0 radical (unpaired) electrons. The molecule has 0 bridgehead atoms. The van der Waals surface area contributed by atoms with E-state index in [-0.39, 0.29) is 21.9 Å². The molecular weight excluding hydrogens is 386 g/mol. The fourth-order valence-electron chi connectivity index (χ4n) is 2.83. The molecule has 1 unspecified atom stereocenters. The molecule has 3 rings (SSSR count). The van der Waals surface area contributed by atoms with E-state index in [1.807, 2.05) is 0 Å². The second-order valence-corrected chi connectivity index (χ2v) is 8.42. The molecule has 28 heavy (non-hydrogen) atoms. The van der Waals surface area contributed by atoms with Crippen LogP contribution in [0, 0.1) is 0 Å². The lowest BCUT2D eigenvalue weighted by Gasteiger charge is -2.18. The lowest BCUT2D eigenvalue weighted by Crippen LogP contribution is -2.41. The van der Waals surface area contributed by atoms with E-state index in [1.54, 1.807) is 0 Å². The van der Waals surface area contributed by atoms with Gasteiger partial charge in [0.1, 0.15) is 18.1 Å². The van der Waals surface area contributed by atoms with Gasteiger partial charge in [0.15, 0.2) is 0 Å². The van der Waals surface area contributed by atoms with E-state index >= 15 is 0 Å². The quantitative estimate of drug-likeness (QED) is 0.623. The minimum absolute atomic E-state index is 0.0161. The van der Waals surface area contributed by atoms with Gasteiger partial charge in [-0.25, -0.2) is 8.42 Å². The molecule has 150 valence electrons. The number of sulfonamides is 1. The van der Waals surface area contributed by atoms with Gasteiger partial charge in [0.25, 0.3) is 5.91 Å². The Morgan fingerprint density at radius 2 is 1.93 bits per heavy atom. The Balaban J connectivity index is 1.72. The standard InChI is InChI=1S/C18H21N3O6S/c1-12(19-18(24)13-6-9-27-11-13)17(23)20-15-10-14(4-5-16(15)22)28(25,26)21-7-2-3-8-21/h4-6,9-12,22H,2-3,7-8H2,1H3,(H,19,24)(H,20,23). The predicted molar refractivity (Wildman–Crippen MR) is 100 cm³/mol. The molecular formula is C18H21N3O6S. The molecule has 1 fully saturated rings. The number of amides is 2. The van der Waals surface area contributed by atoms with Crippen LogP contribution >= 0.6 is 0 Å². The summed E-state index contributed by atoms with van der Waals surface area (Å²) in [6.45, 7) is 2.36. The molecule has 2 aromatic rings. The molecule has 9 nitrogen and oxygen atoms in total. The van der Waals surface area contributed by atoms with Crippen LogP contribution < -0.4 is 10.6 Å². The lowest BCUT2D eigenvalue weighted by atomic mass is 10.2. The molecule has 2 amide bonds. The van der Waals surface area contributed by atoms with Gasteiger partial charge in [-0.1, -0.05) is 0 Å². The smallest absolute Gasteiger partial charge is 0.255 e. The third-order valence-corrected chi connectivity index (χ3v) is 6.35. The van der Waals surface area contributed by atoms with E-state index in [0.717, 1.165) is 12.8 Å². The van der Waals surface area contributed by atoms with Crippen molar-refractivity contribution in [2.24, 2.45) is 0 Å². The van der Waals surface area contributed by atoms with Crippen molar-refractivity contribution in [3.05, 3.63) is 42.4 Å². The van der Waals surface area contributed by atoms with E-state index in [4.69, 9.17) is 4.42 Å². The minimum atomic E-state index is -3.69. The molecule has 1 aromatic heterocycles. The maximum atomic E-state index is 12.7. The Labute approximate surface area is 162 Å². The Hall–Kier alpha value is -2.85. The second kappa shape index (κ2) is 8.03. The van der Waals surface area contributed by atoms with Crippen molar-refractivity contribution >= 4 is 27.5 Å². The number of carbonyl (C=O) groups is 2. The van der Waals surface area contributed by atoms with Gasteiger partial charge >= 0.3 is 0 Å². The molecule has 1 atom stereocenters. The number of furan rings is 1. The molecule has 2 heterocycles. The third kappa shape index (κ3) is 4.18. The molecule has 1 aromatic carbocycles. The highest BCUT2D eigenvalue weighted by molar-refractivity contribution is 7.89. The summed E-state index contributed by atoms with van der Waals surface area (Å²) >= 11 is 0. The first-order chi connectivity index (χ1) is 13.3. The van der Waals surface area contributed by atoms with Crippen LogP contribution in [0.1, 0.15) is 30.1 Å². The van der Waals surface area contributed by atoms with Crippen LogP contribution in [0.25, 0.3) is 0 Å². The molecule has 1 aliphatic rings. The number of hydrogen-bond acceptors (Lipinski definition) is 6. The van der Waals surface area contributed by atoms with Crippen molar-refractivity contribution in [2.45, 2.75) is 30.7 Å². The largest absolute Gasteiger partial charge is 0.506 e. The topological polar surface area (TPSA) is 129 Å². The van der Waals surface area contributed by atoms with Crippen molar-refractivity contribution in [1.29, 1.82) is 0 Å². The number of hydrogen-bond donors (Lipinski definition) is 3. The average Bonchev–Trinajstić information content (AvgIpc) is 3.37. The highest BCUT2D eigenvalue weighted by atomic mass is 32.2. The average molecular weight is 407 g/mol. The SMILES string of the molecule is CC(NC(=O)c1ccoc1)C(=O)Nc1cc(S(=O)(=O)N2CCCC2)ccc1O. The van der Waals surface area contributed by atoms with Gasteiger partial charge in [-0.3, -0.25) is 9.59 Å². The van der Waals surface area contributed by atoms with Gasteiger partial charge in [0, 0.05) is 13.1 Å². The summed E-state index contributed by atoms with van der Waals surface area (Å²) in [5.74, 6) is -1.38. The van der Waals surface area contributed by atoms with Crippen molar-refractivity contribution in [2.75, 3.05) is 18.4 Å². The number of nitrogens with zero attached hydrogens (tertiary/aromatic N) is 1. The number of benzene rings is 1. The van der Waals surface area contributed by atoms with E-state index < -0.39 is 27.9 Å². The number of aromatic hydroxyl groups is 1. The summed E-state index contributed by atoms with van der Waals surface area (Å²) in [5.41, 5.74) is 0.218. The van der Waals surface area contributed by atoms with Crippen LogP contribution in [0.15, 0.2) is 46.1 Å². The second-order valence-electron chi connectivity index (χ2n) is 6.49. The Morgan fingerprint density at radius 1 is 1.21 bits per heavy atom. The summed E-state index contributed by atoms with van der Waals surface area (Å²) in [5, 5.41) is 15.0. The number of phenols is 1. The summed E-state index contributed by atoms with van der Waals surface area (Å²) in [7, 11) is -3.69. The first-order valence-electron chi connectivity index (χ1n) is 8.76. The first-order valence-corrected chi connectivity index (χ1v) is 10.2. The van der Waals surface area contributed by atoms with Crippen LogP contribution in [0.5, 0.6) is 5.75 Å². The Morgan fingerprint density at radius 3 is 2.57 bits per heavy atom. The van der Waals surface area contributed by atoms with Crippen molar-refractivity contribution in [1.82, 2.24) is 9.62 Å². The monoisotopic (exact) mass is 407 g/mol. The van der Waals surface area contributed by atoms with E-state index in [2.05, 4.69) is 10.6 Å². The summed E-state index contributed by atoms with van der Waals surface area (Å²) in [6, 6.07) is 4.25. The highest BCUT2D eigenvalue weighted by Gasteiger charge is 2.28. The van der Waals surface area contributed by atoms with Crippen molar-refractivity contribution in [3.8, 4) is 5.75 Å². The number of nitrogens with one attached hydrogen (secondary N) is 2. The predicted octanol–water partition coefficient (Wildman–Crippen LogP) is 1.53. The van der Waals surface area contributed by atoms with Gasteiger partial charge in [0.2, 0.25) is 15.9 Å². The van der Waals surface area contributed by atoms with Crippen LogP contribution in [0.3, 0.4) is 0 Å². The number of rotatable bonds is 6. The molecule has 0 aliphatic carbocycles. The fourth-order valence-corrected chi connectivity index (χ4v) is 4.38. The molecule has 10 heteroatoms. The Kier molecular flexibility index (Phi) is 5.71. The third-order valence-electron chi connectivity index (χ3n) is 4.45. The van der Waals surface area contributed by atoms with Gasteiger partial charge in [0.05, 0.1) is 22.4 Å². The first kappa shape index (κ1) is 19.9. The number of carbonyl (C=O) groups excluding carboxylic acids is 2. The highest BCUT2D eigenvalue weighted by Crippen LogP contribution is 2.29. The summed E-state index contributed by atoms with van der Waals surface area (Å²) in [6.07, 6.45) is 4.19. The summed E-state index contributed by atoms with van der Waals surface area (Å²) < 4.78 is 31.5. The Bertz CT molecular complexity index is 965. The maximum absolute atomic E-state index is 12.7. The van der Waals surface area contributed by atoms with E-state index in [0.29, 0.717) is 13.1 Å². The number of phenolic OH excluding ortho intramolecular Hbond substituents is 1. The summed E-state index contributed by atoms with van der Waals surface area (Å²) in [4.78, 5) is 24.3. The fraction of sp³-hybridized carbons (Fsp3) is 0.333. The molecule has 0 spiro atoms. The minimum Gasteiger partial charge on any atom is -0.506 e.